The van der Waals surface area contributed by atoms with Crippen LogP contribution in [-0.2, 0) is 11.2 Å². The van der Waals surface area contributed by atoms with Crippen LogP contribution >= 0.6 is 0 Å². The molecule has 31 heavy (non-hydrogen) atoms. The van der Waals surface area contributed by atoms with Crippen molar-refractivity contribution in [2.45, 2.75) is 6.42 Å². The molecule has 0 saturated heterocycles. The summed E-state index contributed by atoms with van der Waals surface area (Å²) in [5, 5.41) is 16.5. The Morgan fingerprint density at radius 2 is 1.58 bits per heavy atom. The molecule has 3 aromatic rings. The number of ether oxygens (including phenoxy) is 1. The summed E-state index contributed by atoms with van der Waals surface area (Å²) < 4.78 is 5.29. The van der Waals surface area contributed by atoms with Crippen molar-refractivity contribution >= 4 is 23.2 Å². The molecule has 0 bridgehead atoms. The topological polar surface area (TPSA) is 111 Å². The first-order chi connectivity index (χ1) is 15.0. The Bertz CT molecular complexity index is 1070. The van der Waals surface area contributed by atoms with Gasteiger partial charge in [-0.1, -0.05) is 54.6 Å². The Morgan fingerprint density at radius 1 is 0.903 bits per heavy atom. The highest BCUT2D eigenvalue weighted by atomic mass is 16.6. The standard InChI is InChI=1S/C23H21N3O5/c27-22(16-31-21-13-7-6-12-20(21)26(29)30)25-19-11-5-4-10-18(19)23(28)24-15-14-17-8-2-1-3-9-17/h1-13H,14-16H2,(H,24,28)(H,25,27). The lowest BCUT2D eigenvalue weighted by Crippen LogP contribution is -2.28. The van der Waals surface area contributed by atoms with E-state index in [0.717, 1.165) is 5.56 Å². The highest BCUT2D eigenvalue weighted by Crippen LogP contribution is 2.25. The molecule has 0 aliphatic rings. The normalized spacial score (nSPS) is 10.2. The quantitative estimate of drug-likeness (QED) is 0.407. The third kappa shape index (κ3) is 6.14. The van der Waals surface area contributed by atoms with Crippen LogP contribution in [0.4, 0.5) is 11.4 Å². The van der Waals surface area contributed by atoms with Crippen molar-refractivity contribution in [1.29, 1.82) is 0 Å². The summed E-state index contributed by atoms with van der Waals surface area (Å²) in [6.07, 6.45) is 0.685. The zero-order chi connectivity index (χ0) is 22.1. The van der Waals surface area contributed by atoms with Gasteiger partial charge in [0.1, 0.15) is 0 Å². The van der Waals surface area contributed by atoms with Crippen LogP contribution in [0.15, 0.2) is 78.9 Å². The molecule has 2 N–H and O–H groups in total. The molecule has 0 saturated carbocycles. The molecule has 3 aromatic carbocycles. The number of rotatable bonds is 9. The SMILES string of the molecule is O=C(COc1ccccc1[N+](=O)[O-])Nc1ccccc1C(=O)NCCc1ccccc1. The van der Waals surface area contributed by atoms with Gasteiger partial charge in [0, 0.05) is 12.6 Å². The van der Waals surface area contributed by atoms with Gasteiger partial charge in [0.05, 0.1) is 16.2 Å². The summed E-state index contributed by atoms with van der Waals surface area (Å²) in [6.45, 7) is 0.0146. The van der Waals surface area contributed by atoms with Gasteiger partial charge in [0.15, 0.2) is 12.4 Å². The van der Waals surface area contributed by atoms with Gasteiger partial charge in [0.25, 0.3) is 11.8 Å². The minimum atomic E-state index is -0.581. The predicted octanol–water partition coefficient (Wildman–Crippen LogP) is 3.58. The summed E-state index contributed by atoms with van der Waals surface area (Å²) in [5.74, 6) is -0.858. The lowest BCUT2D eigenvalue weighted by Gasteiger charge is -2.12. The number of carbonyl (C=O) groups is 2. The van der Waals surface area contributed by atoms with E-state index in [9.17, 15) is 19.7 Å². The smallest absolute Gasteiger partial charge is 0.310 e. The van der Waals surface area contributed by atoms with Crippen LogP contribution in [0.2, 0.25) is 0 Å². The highest BCUT2D eigenvalue weighted by Gasteiger charge is 2.16. The molecule has 8 heteroatoms. The van der Waals surface area contributed by atoms with E-state index in [4.69, 9.17) is 4.74 Å². The Labute approximate surface area is 179 Å². The van der Waals surface area contributed by atoms with E-state index in [1.807, 2.05) is 30.3 Å². The largest absolute Gasteiger partial charge is 0.477 e. The van der Waals surface area contributed by atoms with Gasteiger partial charge in [-0.3, -0.25) is 19.7 Å². The van der Waals surface area contributed by atoms with E-state index in [0.29, 0.717) is 24.2 Å². The van der Waals surface area contributed by atoms with Crippen LogP contribution in [0.1, 0.15) is 15.9 Å². The summed E-state index contributed by atoms with van der Waals surface area (Å²) in [4.78, 5) is 35.3. The Kier molecular flexibility index (Phi) is 7.31. The second kappa shape index (κ2) is 10.5. The molecule has 2 amide bonds. The molecule has 0 spiro atoms. The van der Waals surface area contributed by atoms with E-state index in [1.54, 1.807) is 30.3 Å². The predicted molar refractivity (Wildman–Crippen MR) is 116 cm³/mol. The number of anilines is 1. The van der Waals surface area contributed by atoms with Crippen molar-refractivity contribution < 1.29 is 19.2 Å². The fourth-order valence-electron chi connectivity index (χ4n) is 2.91. The summed E-state index contributed by atoms with van der Waals surface area (Å²) >= 11 is 0. The van der Waals surface area contributed by atoms with Gasteiger partial charge in [-0.2, -0.15) is 0 Å². The number of nitrogens with one attached hydrogen (secondary N) is 2. The molecular weight excluding hydrogens is 398 g/mol. The number of para-hydroxylation sites is 3. The van der Waals surface area contributed by atoms with Gasteiger partial charge in [-0.25, -0.2) is 0 Å². The van der Waals surface area contributed by atoms with Crippen molar-refractivity contribution in [2.24, 2.45) is 0 Å². The van der Waals surface area contributed by atoms with Crippen LogP contribution in [0.5, 0.6) is 5.75 Å². The minimum absolute atomic E-state index is 0.00501. The Hall–Kier alpha value is -4.20. The zero-order valence-corrected chi connectivity index (χ0v) is 16.6. The number of nitro groups is 1. The van der Waals surface area contributed by atoms with E-state index in [1.165, 1.54) is 18.2 Å². The van der Waals surface area contributed by atoms with Crippen LogP contribution in [0.3, 0.4) is 0 Å². The van der Waals surface area contributed by atoms with Crippen molar-refractivity contribution in [3.05, 3.63) is 100 Å². The molecule has 0 aliphatic carbocycles. The third-order valence-corrected chi connectivity index (χ3v) is 4.41. The lowest BCUT2D eigenvalue weighted by atomic mass is 10.1. The minimum Gasteiger partial charge on any atom is -0.477 e. The van der Waals surface area contributed by atoms with Gasteiger partial charge < -0.3 is 15.4 Å². The molecule has 0 fully saturated rings. The molecular formula is C23H21N3O5. The van der Waals surface area contributed by atoms with Crippen molar-refractivity contribution in [2.75, 3.05) is 18.5 Å². The molecule has 0 aromatic heterocycles. The number of nitrogens with zero attached hydrogens (tertiary/aromatic N) is 1. The summed E-state index contributed by atoms with van der Waals surface area (Å²) in [6, 6.07) is 22.2. The molecule has 158 valence electrons. The molecule has 3 rings (SSSR count). The molecule has 0 atom stereocenters. The molecule has 8 nitrogen and oxygen atoms in total. The highest BCUT2D eigenvalue weighted by molar-refractivity contribution is 6.04. The number of benzene rings is 3. The van der Waals surface area contributed by atoms with Gasteiger partial charge >= 0.3 is 5.69 Å². The first-order valence-electron chi connectivity index (χ1n) is 9.62. The van der Waals surface area contributed by atoms with Crippen molar-refractivity contribution in [3.8, 4) is 5.75 Å². The molecule has 0 radical (unpaired) electrons. The fraction of sp³-hybridized carbons (Fsp3) is 0.130. The second-order valence-electron chi connectivity index (χ2n) is 6.60. The van der Waals surface area contributed by atoms with Crippen LogP contribution in [0, 0.1) is 10.1 Å². The zero-order valence-electron chi connectivity index (χ0n) is 16.6. The molecule has 0 aliphatic heterocycles. The van der Waals surface area contributed by atoms with E-state index >= 15 is 0 Å². The van der Waals surface area contributed by atoms with Gasteiger partial charge in [-0.15, -0.1) is 0 Å². The first kappa shape index (κ1) is 21.5. The van der Waals surface area contributed by atoms with E-state index < -0.39 is 17.4 Å². The lowest BCUT2D eigenvalue weighted by molar-refractivity contribution is -0.385. The third-order valence-electron chi connectivity index (χ3n) is 4.41. The average molecular weight is 419 g/mol. The van der Waals surface area contributed by atoms with Crippen molar-refractivity contribution in [1.82, 2.24) is 5.32 Å². The number of nitro benzene ring substituents is 1. The first-order valence-corrected chi connectivity index (χ1v) is 9.62. The summed E-state index contributed by atoms with van der Waals surface area (Å²) in [7, 11) is 0. The van der Waals surface area contributed by atoms with Crippen LogP contribution in [0.25, 0.3) is 0 Å². The maximum atomic E-state index is 12.6. The Balaban J connectivity index is 1.57. The van der Waals surface area contributed by atoms with E-state index in [2.05, 4.69) is 10.6 Å². The van der Waals surface area contributed by atoms with E-state index in [-0.39, 0.29) is 17.3 Å². The number of amides is 2. The van der Waals surface area contributed by atoms with Crippen LogP contribution in [-0.4, -0.2) is 29.9 Å². The Morgan fingerprint density at radius 3 is 2.35 bits per heavy atom. The number of hydrogen-bond donors (Lipinski definition) is 2. The maximum Gasteiger partial charge on any atom is 0.310 e. The van der Waals surface area contributed by atoms with Crippen LogP contribution < -0.4 is 15.4 Å². The molecule has 0 heterocycles. The summed E-state index contributed by atoms with van der Waals surface area (Å²) in [5.41, 5.74) is 1.52. The average Bonchev–Trinajstić information content (AvgIpc) is 2.79. The maximum absolute atomic E-state index is 12.6. The molecule has 0 unspecified atom stereocenters. The van der Waals surface area contributed by atoms with Gasteiger partial charge in [-0.05, 0) is 30.2 Å². The number of carbonyl (C=O) groups excluding carboxylic acids is 2. The fourth-order valence-corrected chi connectivity index (χ4v) is 2.91. The van der Waals surface area contributed by atoms with Crippen molar-refractivity contribution in [3.63, 3.8) is 0 Å². The monoisotopic (exact) mass is 419 g/mol. The second-order valence-corrected chi connectivity index (χ2v) is 6.60. The van der Waals surface area contributed by atoms with Gasteiger partial charge in [0.2, 0.25) is 0 Å². The number of hydrogen-bond acceptors (Lipinski definition) is 5.